The van der Waals surface area contributed by atoms with Gasteiger partial charge in [-0.2, -0.15) is 5.10 Å². The molecule has 4 rings (SSSR count). The normalized spacial score (nSPS) is 13.1. The Morgan fingerprint density at radius 1 is 1.32 bits per heavy atom. The van der Waals surface area contributed by atoms with Crippen LogP contribution in [0.4, 0.5) is 0 Å². The summed E-state index contributed by atoms with van der Waals surface area (Å²) < 4.78 is 9.65. The van der Waals surface area contributed by atoms with E-state index in [9.17, 15) is 4.79 Å². The smallest absolute Gasteiger partial charge is 0.248 e. The number of hydrogen-bond donors (Lipinski definition) is 1. The highest BCUT2D eigenvalue weighted by Crippen LogP contribution is 2.34. The maximum Gasteiger partial charge on any atom is 0.248 e. The highest BCUT2D eigenvalue weighted by atomic mass is 16.5. The van der Waals surface area contributed by atoms with Crippen molar-refractivity contribution < 1.29 is 9.53 Å². The van der Waals surface area contributed by atoms with Crippen molar-refractivity contribution in [1.29, 1.82) is 0 Å². The Morgan fingerprint density at radius 3 is 2.92 bits per heavy atom. The van der Waals surface area contributed by atoms with Crippen LogP contribution in [-0.4, -0.2) is 36.8 Å². The molecule has 1 aliphatic rings. The molecule has 0 aliphatic carbocycles. The highest BCUT2D eigenvalue weighted by molar-refractivity contribution is 5.94. The Morgan fingerprint density at radius 2 is 2.16 bits per heavy atom. The van der Waals surface area contributed by atoms with E-state index < -0.39 is 5.91 Å². The summed E-state index contributed by atoms with van der Waals surface area (Å²) in [5, 5.41) is 4.27. The lowest BCUT2D eigenvalue weighted by atomic mass is 10.1. The van der Waals surface area contributed by atoms with Gasteiger partial charge in [0.05, 0.1) is 12.1 Å². The summed E-state index contributed by atoms with van der Waals surface area (Å²) in [4.78, 5) is 20.5. The number of fused-ring (bicyclic) bond motifs is 3. The molecule has 0 bridgehead atoms. The van der Waals surface area contributed by atoms with Crippen molar-refractivity contribution in [2.24, 2.45) is 5.73 Å². The molecule has 8 nitrogen and oxygen atoms in total. The number of aromatic nitrogens is 5. The number of primary amides is 1. The molecule has 1 aromatic carbocycles. The van der Waals surface area contributed by atoms with Crippen LogP contribution in [0.2, 0.25) is 0 Å². The summed E-state index contributed by atoms with van der Waals surface area (Å²) >= 11 is 0. The van der Waals surface area contributed by atoms with Gasteiger partial charge in [-0.25, -0.2) is 14.6 Å². The Labute approximate surface area is 144 Å². The number of rotatable bonds is 3. The van der Waals surface area contributed by atoms with Gasteiger partial charge < -0.3 is 15.0 Å². The van der Waals surface area contributed by atoms with Crippen molar-refractivity contribution in [2.45, 2.75) is 26.4 Å². The molecule has 0 saturated carbocycles. The predicted molar refractivity (Wildman–Crippen MR) is 91.1 cm³/mol. The number of hydrogen-bond acceptors (Lipinski definition) is 5. The molecule has 0 unspecified atom stereocenters. The van der Waals surface area contributed by atoms with Crippen LogP contribution in [0.15, 0.2) is 30.7 Å². The summed E-state index contributed by atoms with van der Waals surface area (Å²) in [6, 6.07) is 5.35. The van der Waals surface area contributed by atoms with Crippen LogP contribution in [0.3, 0.4) is 0 Å². The molecule has 128 valence electrons. The van der Waals surface area contributed by atoms with Crippen molar-refractivity contribution in [2.75, 3.05) is 6.61 Å². The van der Waals surface area contributed by atoms with Crippen LogP contribution in [0, 0.1) is 0 Å². The average Bonchev–Trinajstić information content (AvgIpc) is 3.18. The number of nitrogens with zero attached hydrogens (tertiary/aromatic N) is 5. The molecule has 2 N–H and O–H groups in total. The van der Waals surface area contributed by atoms with Crippen molar-refractivity contribution in [3.63, 3.8) is 0 Å². The van der Waals surface area contributed by atoms with E-state index in [0.717, 1.165) is 22.9 Å². The quantitative estimate of drug-likeness (QED) is 0.786. The summed E-state index contributed by atoms with van der Waals surface area (Å²) in [5.74, 6) is 1.63. The Hall–Kier alpha value is -3.16. The minimum absolute atomic E-state index is 0.188. The second-order valence-electron chi connectivity index (χ2n) is 6.19. The maximum atomic E-state index is 11.4. The van der Waals surface area contributed by atoms with Gasteiger partial charge in [-0.15, -0.1) is 0 Å². The number of carbonyl (C=O) groups is 1. The second kappa shape index (κ2) is 5.73. The second-order valence-corrected chi connectivity index (χ2v) is 6.19. The fourth-order valence-corrected chi connectivity index (χ4v) is 2.95. The highest BCUT2D eigenvalue weighted by Gasteiger charge is 2.22. The van der Waals surface area contributed by atoms with Crippen LogP contribution in [0.1, 0.15) is 30.2 Å². The third-order valence-corrected chi connectivity index (χ3v) is 4.16. The standard InChI is InChI=1S/C17H18N6O2/c1-10(2)23-17(19-9-20-23)13-8-22-5-6-25-14-7-11(15(18)24)3-4-12(14)16(22)21-13/h3-4,7-10H,5-6H2,1-2H3,(H2,18,24). The number of imidazole rings is 1. The fourth-order valence-electron chi connectivity index (χ4n) is 2.95. The number of benzene rings is 1. The third-order valence-electron chi connectivity index (χ3n) is 4.16. The molecule has 0 fully saturated rings. The van der Waals surface area contributed by atoms with Gasteiger partial charge in [0.15, 0.2) is 5.82 Å². The molecule has 3 aromatic rings. The Balaban J connectivity index is 1.83. The van der Waals surface area contributed by atoms with Gasteiger partial charge in [0, 0.05) is 17.8 Å². The zero-order valence-electron chi connectivity index (χ0n) is 14.0. The molecular weight excluding hydrogens is 320 g/mol. The van der Waals surface area contributed by atoms with Gasteiger partial charge in [-0.05, 0) is 32.0 Å². The van der Waals surface area contributed by atoms with E-state index in [1.54, 1.807) is 12.1 Å². The van der Waals surface area contributed by atoms with Crippen LogP contribution in [0.5, 0.6) is 5.75 Å². The van der Waals surface area contributed by atoms with E-state index in [-0.39, 0.29) is 6.04 Å². The predicted octanol–water partition coefficient (Wildman–Crippen LogP) is 1.88. The van der Waals surface area contributed by atoms with Crippen molar-refractivity contribution in [1.82, 2.24) is 24.3 Å². The first-order valence-electron chi connectivity index (χ1n) is 8.08. The zero-order chi connectivity index (χ0) is 17.6. The maximum absolute atomic E-state index is 11.4. The molecule has 25 heavy (non-hydrogen) atoms. The summed E-state index contributed by atoms with van der Waals surface area (Å²) in [6.07, 6.45) is 3.49. The molecule has 0 saturated heterocycles. The fraction of sp³-hybridized carbons (Fsp3) is 0.294. The molecular formula is C17H18N6O2. The van der Waals surface area contributed by atoms with Crippen molar-refractivity contribution in [3.8, 4) is 28.7 Å². The van der Waals surface area contributed by atoms with Gasteiger partial charge in [-0.1, -0.05) is 0 Å². The van der Waals surface area contributed by atoms with E-state index in [4.69, 9.17) is 15.5 Å². The van der Waals surface area contributed by atoms with Crippen molar-refractivity contribution >= 4 is 5.91 Å². The van der Waals surface area contributed by atoms with E-state index in [1.165, 1.54) is 6.33 Å². The largest absolute Gasteiger partial charge is 0.491 e. The molecule has 0 spiro atoms. The monoisotopic (exact) mass is 338 g/mol. The molecule has 0 atom stereocenters. The van der Waals surface area contributed by atoms with Crippen LogP contribution >= 0.6 is 0 Å². The number of ether oxygens (including phenoxy) is 1. The van der Waals surface area contributed by atoms with Gasteiger partial charge in [0.2, 0.25) is 5.91 Å². The summed E-state index contributed by atoms with van der Waals surface area (Å²) in [6.45, 7) is 5.23. The molecule has 2 aromatic heterocycles. The van der Waals surface area contributed by atoms with E-state index in [0.29, 0.717) is 24.5 Å². The number of nitrogens with two attached hydrogens (primary N) is 1. The van der Waals surface area contributed by atoms with Crippen molar-refractivity contribution in [3.05, 3.63) is 36.3 Å². The third kappa shape index (κ3) is 2.55. The lowest BCUT2D eigenvalue weighted by molar-refractivity contribution is 0.1000. The van der Waals surface area contributed by atoms with E-state index in [1.807, 2.05) is 35.4 Å². The van der Waals surface area contributed by atoms with Gasteiger partial charge in [-0.3, -0.25) is 4.79 Å². The first-order chi connectivity index (χ1) is 12.0. The Bertz CT molecular complexity index is 956. The van der Waals surface area contributed by atoms with Crippen LogP contribution < -0.4 is 10.5 Å². The van der Waals surface area contributed by atoms with E-state index in [2.05, 4.69) is 10.1 Å². The Kier molecular flexibility index (Phi) is 3.52. The summed E-state index contributed by atoms with van der Waals surface area (Å²) in [5.41, 5.74) is 7.36. The molecule has 0 radical (unpaired) electrons. The van der Waals surface area contributed by atoms with Gasteiger partial charge >= 0.3 is 0 Å². The molecule has 3 heterocycles. The first kappa shape index (κ1) is 15.4. The lowest BCUT2D eigenvalue weighted by Gasteiger charge is -2.08. The molecule has 1 amide bonds. The molecule has 8 heteroatoms. The average molecular weight is 338 g/mol. The minimum Gasteiger partial charge on any atom is -0.491 e. The lowest BCUT2D eigenvalue weighted by Crippen LogP contribution is -2.11. The number of carbonyl (C=O) groups excluding carboxylic acids is 1. The zero-order valence-corrected chi connectivity index (χ0v) is 14.0. The SMILES string of the molecule is CC(C)n1ncnc1-c1cn2c(n1)-c1ccc(C(N)=O)cc1OCC2. The first-order valence-corrected chi connectivity index (χ1v) is 8.08. The van der Waals surface area contributed by atoms with Gasteiger partial charge in [0.1, 0.15) is 30.2 Å². The van der Waals surface area contributed by atoms with Crippen LogP contribution in [0.25, 0.3) is 22.9 Å². The van der Waals surface area contributed by atoms with Gasteiger partial charge in [0.25, 0.3) is 0 Å². The van der Waals surface area contributed by atoms with Crippen LogP contribution in [-0.2, 0) is 6.54 Å². The molecule has 1 aliphatic heterocycles. The van der Waals surface area contributed by atoms with E-state index >= 15 is 0 Å². The topological polar surface area (TPSA) is 101 Å². The summed E-state index contributed by atoms with van der Waals surface area (Å²) in [7, 11) is 0. The minimum atomic E-state index is -0.482. The number of amides is 1.